The Balaban J connectivity index is 0.000000929. The molecule has 0 spiro atoms. The van der Waals surface area contributed by atoms with Crippen molar-refractivity contribution in [1.29, 1.82) is 0 Å². The molecular formula is C35H49N2O4. The predicted molar refractivity (Wildman–Crippen MR) is 168 cm³/mol. The Labute approximate surface area is 247 Å². The van der Waals surface area contributed by atoms with E-state index in [1.165, 1.54) is 33.4 Å². The topological polar surface area (TPSA) is 60.0 Å². The van der Waals surface area contributed by atoms with E-state index in [2.05, 4.69) is 47.8 Å². The van der Waals surface area contributed by atoms with Crippen LogP contribution in [-0.4, -0.2) is 64.4 Å². The summed E-state index contributed by atoms with van der Waals surface area (Å²) in [5.74, 6) is 1.83. The lowest BCUT2D eigenvalue weighted by Crippen LogP contribution is -2.45. The van der Waals surface area contributed by atoms with Gasteiger partial charge in [0.1, 0.15) is 18.1 Å². The maximum Gasteiger partial charge on any atom is 0.312 e. The van der Waals surface area contributed by atoms with Gasteiger partial charge in [-0.1, -0.05) is 45.9 Å². The zero-order valence-corrected chi connectivity index (χ0v) is 26.2. The molecule has 2 aromatic rings. The van der Waals surface area contributed by atoms with Gasteiger partial charge in [-0.3, -0.25) is 9.69 Å². The van der Waals surface area contributed by atoms with Gasteiger partial charge in [0.15, 0.2) is 0 Å². The molecule has 2 fully saturated rings. The number of nitrogens with zero attached hydrogens (tertiary/aromatic N) is 1. The fourth-order valence-corrected chi connectivity index (χ4v) is 6.51. The molecule has 6 nitrogen and oxygen atoms in total. The van der Waals surface area contributed by atoms with Crippen LogP contribution in [0.1, 0.15) is 75.1 Å². The number of benzene rings is 2. The molecule has 0 aromatic heterocycles. The summed E-state index contributed by atoms with van der Waals surface area (Å²) >= 11 is 0. The molecule has 1 saturated heterocycles. The number of carbonyl (C=O) groups is 1. The lowest BCUT2D eigenvalue weighted by molar-refractivity contribution is -0.151. The van der Waals surface area contributed by atoms with E-state index >= 15 is 0 Å². The average Bonchev–Trinajstić information content (AvgIpc) is 3.94. The fourth-order valence-electron chi connectivity index (χ4n) is 6.51. The molecule has 4 aliphatic rings. The van der Waals surface area contributed by atoms with Crippen molar-refractivity contribution < 1.29 is 19.0 Å². The Kier molecular flexibility index (Phi) is 10.5. The largest absolute Gasteiger partial charge is 0.497 e. The van der Waals surface area contributed by atoms with Crippen molar-refractivity contribution >= 4 is 11.5 Å². The van der Waals surface area contributed by atoms with Crippen LogP contribution in [0.2, 0.25) is 0 Å². The highest BCUT2D eigenvalue weighted by atomic mass is 16.5. The number of aryl methyl sites for hydroxylation is 2. The zero-order valence-electron chi connectivity index (χ0n) is 26.2. The van der Waals surface area contributed by atoms with Gasteiger partial charge in [0.25, 0.3) is 0 Å². The van der Waals surface area contributed by atoms with E-state index in [1.54, 1.807) is 14.2 Å². The zero-order chi connectivity index (χ0) is 29.6. The van der Waals surface area contributed by atoms with Gasteiger partial charge in [-0.05, 0) is 78.1 Å². The molecule has 41 heavy (non-hydrogen) atoms. The molecule has 6 heteroatoms. The molecule has 1 heterocycles. The molecule has 3 aliphatic carbocycles. The molecule has 0 amide bonds. The standard InChI is InChI=1S/C31H37N2O4.2C2H6/c1-20-18-22-6-9-26(31(10-11-31)30(34)37-17-16-33-14-12-32-13-15-33)25-19-23(35-2)7-8-24(25)27(22)28(21-4-5-21)29(20)36-3;2*1-2/h4-5,7-8,18-19,26,32H,6,9-17H2,1-3H3;2*1-2H3/t26-;;/m0../s1. The van der Waals surface area contributed by atoms with E-state index in [0.29, 0.717) is 6.61 Å². The van der Waals surface area contributed by atoms with Gasteiger partial charge in [-0.25, -0.2) is 0 Å². The lowest BCUT2D eigenvalue weighted by Gasteiger charge is -2.29. The van der Waals surface area contributed by atoms with Crippen LogP contribution in [0.25, 0.3) is 16.7 Å². The first-order valence-electron chi connectivity index (χ1n) is 15.6. The molecular weight excluding hydrogens is 512 g/mol. The highest BCUT2D eigenvalue weighted by molar-refractivity contribution is 5.99. The van der Waals surface area contributed by atoms with Gasteiger partial charge in [0, 0.05) is 50.6 Å². The first-order chi connectivity index (χ1) is 20.1. The van der Waals surface area contributed by atoms with Crippen LogP contribution in [0.3, 0.4) is 0 Å². The average molecular weight is 562 g/mol. The summed E-state index contributed by atoms with van der Waals surface area (Å²) in [6.45, 7) is 15.4. The Morgan fingerprint density at radius 3 is 2.34 bits per heavy atom. The Hall–Kier alpha value is -2.83. The van der Waals surface area contributed by atoms with Crippen LogP contribution in [0.15, 0.2) is 30.3 Å². The summed E-state index contributed by atoms with van der Waals surface area (Å²) in [5, 5.41) is 3.38. The van der Waals surface area contributed by atoms with Gasteiger partial charge in [0.05, 0.1) is 19.6 Å². The summed E-state index contributed by atoms with van der Waals surface area (Å²) < 4.78 is 17.6. The van der Waals surface area contributed by atoms with E-state index in [-0.39, 0.29) is 11.9 Å². The van der Waals surface area contributed by atoms with E-state index in [1.807, 2.05) is 33.8 Å². The Bertz CT molecular complexity index is 1240. The highest BCUT2D eigenvalue weighted by Crippen LogP contribution is 2.62. The normalized spacial score (nSPS) is 19.9. The van der Waals surface area contributed by atoms with Gasteiger partial charge >= 0.3 is 5.97 Å². The highest BCUT2D eigenvalue weighted by Gasteiger charge is 2.58. The van der Waals surface area contributed by atoms with Crippen LogP contribution < -0.4 is 14.8 Å². The molecule has 1 aliphatic heterocycles. The smallest absolute Gasteiger partial charge is 0.312 e. The third kappa shape index (κ3) is 6.34. The number of hydrogen-bond donors (Lipinski definition) is 1. The second kappa shape index (κ2) is 13.9. The number of fused-ring (bicyclic) bond motifs is 3. The van der Waals surface area contributed by atoms with E-state index in [9.17, 15) is 4.79 Å². The minimum atomic E-state index is -0.448. The van der Waals surface area contributed by atoms with Crippen molar-refractivity contribution in [2.45, 2.75) is 66.2 Å². The molecule has 1 saturated carbocycles. The maximum absolute atomic E-state index is 13.6. The summed E-state index contributed by atoms with van der Waals surface area (Å²) in [6, 6.07) is 8.66. The van der Waals surface area contributed by atoms with Crippen molar-refractivity contribution in [2.24, 2.45) is 5.41 Å². The molecule has 2 aromatic carbocycles. The minimum absolute atomic E-state index is 0.0282. The number of methoxy groups -OCH3 is 2. The predicted octanol–water partition coefficient (Wildman–Crippen LogP) is 6.59. The van der Waals surface area contributed by atoms with Gasteiger partial charge < -0.3 is 19.5 Å². The van der Waals surface area contributed by atoms with E-state index < -0.39 is 5.41 Å². The van der Waals surface area contributed by atoms with Crippen LogP contribution in [0.5, 0.6) is 11.5 Å². The molecule has 0 bridgehead atoms. The fraction of sp³-hybridized carbons (Fsp3) is 0.543. The minimum Gasteiger partial charge on any atom is -0.497 e. The molecule has 1 atom stereocenters. The first-order valence-corrected chi connectivity index (χ1v) is 15.6. The summed E-state index contributed by atoms with van der Waals surface area (Å²) in [5.41, 5.74) is 8.06. The second-order valence-corrected chi connectivity index (χ2v) is 10.9. The van der Waals surface area contributed by atoms with Gasteiger partial charge in [-0.2, -0.15) is 0 Å². The number of rotatable bonds is 8. The van der Waals surface area contributed by atoms with Crippen molar-refractivity contribution in [1.82, 2.24) is 10.2 Å². The maximum atomic E-state index is 13.6. The SMILES string of the molecule is CC.CC.COc1ccc2c(c1)[C@@H](C1(C(=O)OCCN3CCNCC3)CC1)CCc1cc(C)c(OC)c(C3=C[CH]3)c1-2. The molecule has 0 unspecified atom stereocenters. The number of hydrogen-bond acceptors (Lipinski definition) is 6. The van der Waals surface area contributed by atoms with Crippen molar-refractivity contribution in [3.8, 4) is 22.6 Å². The monoisotopic (exact) mass is 561 g/mol. The van der Waals surface area contributed by atoms with Gasteiger partial charge in [0.2, 0.25) is 0 Å². The number of esters is 1. The number of piperazine rings is 1. The molecule has 1 radical (unpaired) electrons. The third-order valence-electron chi connectivity index (χ3n) is 8.69. The molecule has 1 N–H and O–H groups in total. The van der Waals surface area contributed by atoms with E-state index in [4.69, 9.17) is 14.2 Å². The first kappa shape index (κ1) is 31.1. The van der Waals surface area contributed by atoms with Crippen LogP contribution in [0, 0.1) is 18.8 Å². The number of nitrogens with one attached hydrogen (secondary N) is 1. The van der Waals surface area contributed by atoms with Crippen LogP contribution in [-0.2, 0) is 16.0 Å². The number of carbonyl (C=O) groups excluding carboxylic acids is 1. The quantitative estimate of drug-likeness (QED) is 0.367. The third-order valence-corrected chi connectivity index (χ3v) is 8.69. The lowest BCUT2D eigenvalue weighted by atomic mass is 9.78. The van der Waals surface area contributed by atoms with Crippen LogP contribution >= 0.6 is 0 Å². The summed E-state index contributed by atoms with van der Waals surface area (Å²) in [4.78, 5) is 16.0. The molecule has 223 valence electrons. The number of ether oxygens (including phenoxy) is 3. The van der Waals surface area contributed by atoms with Crippen molar-refractivity contribution in [3.63, 3.8) is 0 Å². The summed E-state index contributed by atoms with van der Waals surface area (Å²) in [6.07, 6.45) is 7.89. The molecule has 6 rings (SSSR count). The second-order valence-electron chi connectivity index (χ2n) is 10.9. The van der Waals surface area contributed by atoms with Crippen LogP contribution in [0.4, 0.5) is 0 Å². The van der Waals surface area contributed by atoms with Crippen molar-refractivity contribution in [2.75, 3.05) is 53.6 Å². The van der Waals surface area contributed by atoms with E-state index in [0.717, 1.165) is 75.5 Å². The Morgan fingerprint density at radius 1 is 1.02 bits per heavy atom. The Morgan fingerprint density at radius 2 is 1.73 bits per heavy atom. The van der Waals surface area contributed by atoms with Crippen molar-refractivity contribution in [3.05, 3.63) is 59.0 Å². The van der Waals surface area contributed by atoms with Gasteiger partial charge in [-0.15, -0.1) is 0 Å². The number of allylic oxidation sites excluding steroid dienone is 2. The summed E-state index contributed by atoms with van der Waals surface area (Å²) in [7, 11) is 3.46.